The molecule has 0 aliphatic carbocycles. The molecule has 3 aromatic rings. The van der Waals surface area contributed by atoms with Crippen molar-refractivity contribution in [2.45, 2.75) is 0 Å². The van der Waals surface area contributed by atoms with Gasteiger partial charge in [0.2, 0.25) is 0 Å². The molecule has 0 unspecified atom stereocenters. The van der Waals surface area contributed by atoms with E-state index in [2.05, 4.69) is 26.2 Å². The lowest BCUT2D eigenvalue weighted by molar-refractivity contribution is 1.09. The fraction of sp³-hybridized carbons (Fsp3) is 0. The number of H-pyrrole nitrogens is 2. The first-order valence-corrected chi connectivity index (χ1v) is 4.75. The van der Waals surface area contributed by atoms with Crippen molar-refractivity contribution in [2.24, 2.45) is 0 Å². The van der Waals surface area contributed by atoms with Gasteiger partial charge in [-0.2, -0.15) is 10.4 Å². The number of fused-ring (bicyclic) bond motifs is 1. The number of nitrogens with zero attached hydrogens (tertiary/aromatic N) is 3. The monoisotopic (exact) mass is 209 g/mol. The largest absolute Gasteiger partial charge is 0.345 e. The second-order valence-corrected chi connectivity index (χ2v) is 3.42. The van der Waals surface area contributed by atoms with Gasteiger partial charge in [0.05, 0.1) is 11.8 Å². The van der Waals surface area contributed by atoms with E-state index < -0.39 is 0 Å². The summed E-state index contributed by atoms with van der Waals surface area (Å²) < 4.78 is 0. The molecule has 5 nitrogen and oxygen atoms in total. The Morgan fingerprint density at radius 1 is 1.19 bits per heavy atom. The van der Waals surface area contributed by atoms with Crippen LogP contribution in [0, 0.1) is 11.3 Å². The van der Waals surface area contributed by atoms with Crippen LogP contribution in [-0.2, 0) is 0 Å². The fourth-order valence-corrected chi connectivity index (χ4v) is 1.66. The van der Waals surface area contributed by atoms with Crippen LogP contribution in [0.15, 0.2) is 30.9 Å². The summed E-state index contributed by atoms with van der Waals surface area (Å²) in [6.07, 6.45) is 6.94. The Labute approximate surface area is 90.8 Å². The molecule has 0 aliphatic heterocycles. The molecular formula is C11H7N5. The summed E-state index contributed by atoms with van der Waals surface area (Å²) in [6, 6.07) is 4.06. The molecule has 5 heteroatoms. The van der Waals surface area contributed by atoms with Crippen molar-refractivity contribution in [3.05, 3.63) is 36.4 Å². The minimum absolute atomic E-state index is 0.604. The Morgan fingerprint density at radius 3 is 2.88 bits per heavy atom. The van der Waals surface area contributed by atoms with Gasteiger partial charge in [-0.25, -0.2) is 4.98 Å². The van der Waals surface area contributed by atoms with Crippen molar-refractivity contribution in [3.8, 4) is 17.2 Å². The van der Waals surface area contributed by atoms with E-state index in [1.807, 2.05) is 6.07 Å². The van der Waals surface area contributed by atoms with Crippen LogP contribution < -0.4 is 0 Å². The van der Waals surface area contributed by atoms with Crippen LogP contribution in [0.1, 0.15) is 5.56 Å². The molecule has 3 aromatic heterocycles. The normalized spacial score (nSPS) is 10.4. The third kappa shape index (κ3) is 1.17. The molecule has 3 rings (SSSR count). The molecule has 0 saturated heterocycles. The number of aromatic amines is 2. The topological polar surface area (TPSA) is 81.2 Å². The van der Waals surface area contributed by atoms with Gasteiger partial charge in [-0.15, -0.1) is 0 Å². The van der Waals surface area contributed by atoms with Gasteiger partial charge in [-0.3, -0.25) is 5.10 Å². The van der Waals surface area contributed by atoms with E-state index in [1.165, 1.54) is 0 Å². The predicted octanol–water partition coefficient (Wildman–Crippen LogP) is 1.82. The first kappa shape index (κ1) is 8.68. The quantitative estimate of drug-likeness (QED) is 0.641. The number of hydrogen-bond donors (Lipinski definition) is 2. The van der Waals surface area contributed by atoms with Gasteiger partial charge in [0.15, 0.2) is 0 Å². The van der Waals surface area contributed by atoms with Gasteiger partial charge < -0.3 is 4.98 Å². The SMILES string of the molecule is N#Cc1c[nH]c2ncc(-c3cn[nH]c3)cc12. The van der Waals surface area contributed by atoms with Crippen LogP contribution in [0.5, 0.6) is 0 Å². The minimum atomic E-state index is 0.604. The van der Waals surface area contributed by atoms with Gasteiger partial charge in [0, 0.05) is 35.1 Å². The van der Waals surface area contributed by atoms with Crippen LogP contribution in [-0.4, -0.2) is 20.2 Å². The fourth-order valence-electron chi connectivity index (χ4n) is 1.66. The van der Waals surface area contributed by atoms with Gasteiger partial charge in [-0.05, 0) is 6.07 Å². The molecule has 0 fully saturated rings. The van der Waals surface area contributed by atoms with E-state index in [9.17, 15) is 0 Å². The van der Waals surface area contributed by atoms with E-state index >= 15 is 0 Å². The lowest BCUT2D eigenvalue weighted by Crippen LogP contribution is -1.80. The number of hydrogen-bond acceptors (Lipinski definition) is 3. The maximum absolute atomic E-state index is 8.93. The highest BCUT2D eigenvalue weighted by molar-refractivity contribution is 5.86. The molecular weight excluding hydrogens is 202 g/mol. The van der Waals surface area contributed by atoms with Gasteiger partial charge in [0.25, 0.3) is 0 Å². The van der Waals surface area contributed by atoms with Crippen LogP contribution in [0.4, 0.5) is 0 Å². The highest BCUT2D eigenvalue weighted by Crippen LogP contribution is 2.23. The molecule has 0 saturated carbocycles. The van der Waals surface area contributed by atoms with Crippen LogP contribution in [0.25, 0.3) is 22.2 Å². The van der Waals surface area contributed by atoms with Gasteiger partial charge >= 0.3 is 0 Å². The summed E-state index contributed by atoms with van der Waals surface area (Å²) in [5, 5.41) is 16.4. The molecule has 76 valence electrons. The summed E-state index contributed by atoms with van der Waals surface area (Å²) in [5.41, 5.74) is 3.23. The summed E-state index contributed by atoms with van der Waals surface area (Å²) >= 11 is 0. The van der Waals surface area contributed by atoms with Crippen LogP contribution in [0.3, 0.4) is 0 Å². The number of nitriles is 1. The number of aromatic nitrogens is 4. The van der Waals surface area contributed by atoms with E-state index in [0.717, 1.165) is 22.2 Å². The first-order valence-electron chi connectivity index (χ1n) is 4.75. The molecule has 0 aliphatic rings. The maximum atomic E-state index is 8.93. The van der Waals surface area contributed by atoms with E-state index in [-0.39, 0.29) is 0 Å². The number of nitrogens with one attached hydrogen (secondary N) is 2. The first-order chi connectivity index (χ1) is 7.88. The van der Waals surface area contributed by atoms with Gasteiger partial charge in [-0.1, -0.05) is 0 Å². The van der Waals surface area contributed by atoms with Crippen molar-refractivity contribution < 1.29 is 0 Å². The average Bonchev–Trinajstić information content (AvgIpc) is 2.97. The lowest BCUT2D eigenvalue weighted by atomic mass is 10.1. The standard InChI is InChI=1S/C11H7N5/c12-2-8-4-14-11-10(8)1-7(3-13-11)9-5-15-16-6-9/h1,3-6H,(H,13,14)(H,15,16). The Hall–Kier alpha value is -2.61. The lowest BCUT2D eigenvalue weighted by Gasteiger charge is -1.96. The van der Waals surface area contributed by atoms with Gasteiger partial charge in [0.1, 0.15) is 11.7 Å². The van der Waals surface area contributed by atoms with E-state index in [0.29, 0.717) is 5.56 Å². The Bertz CT molecular complexity index is 672. The second kappa shape index (κ2) is 3.21. The Balaban J connectivity index is 2.26. The summed E-state index contributed by atoms with van der Waals surface area (Å²) in [5.74, 6) is 0. The van der Waals surface area contributed by atoms with Crippen LogP contribution in [0.2, 0.25) is 0 Å². The highest BCUT2D eigenvalue weighted by Gasteiger charge is 2.06. The zero-order chi connectivity index (χ0) is 11.0. The predicted molar refractivity (Wildman–Crippen MR) is 58.4 cm³/mol. The Kier molecular flexibility index (Phi) is 1.74. The smallest absolute Gasteiger partial charge is 0.138 e. The molecule has 16 heavy (non-hydrogen) atoms. The zero-order valence-corrected chi connectivity index (χ0v) is 8.23. The molecule has 0 bridgehead atoms. The van der Waals surface area contributed by atoms with E-state index in [4.69, 9.17) is 5.26 Å². The third-order valence-corrected chi connectivity index (χ3v) is 2.48. The third-order valence-electron chi connectivity index (χ3n) is 2.48. The van der Waals surface area contributed by atoms with E-state index in [1.54, 1.807) is 24.8 Å². The molecule has 0 atom stereocenters. The number of pyridine rings is 1. The minimum Gasteiger partial charge on any atom is -0.345 e. The average molecular weight is 209 g/mol. The molecule has 0 aromatic carbocycles. The molecule has 0 radical (unpaired) electrons. The molecule has 3 heterocycles. The molecule has 2 N–H and O–H groups in total. The van der Waals surface area contributed by atoms with Crippen LogP contribution >= 0.6 is 0 Å². The van der Waals surface area contributed by atoms with Crippen molar-refractivity contribution >= 4 is 11.0 Å². The van der Waals surface area contributed by atoms with Crippen molar-refractivity contribution in [3.63, 3.8) is 0 Å². The molecule has 0 spiro atoms. The summed E-state index contributed by atoms with van der Waals surface area (Å²) in [4.78, 5) is 7.21. The second-order valence-electron chi connectivity index (χ2n) is 3.42. The molecule has 0 amide bonds. The highest BCUT2D eigenvalue weighted by atomic mass is 15.1. The zero-order valence-electron chi connectivity index (χ0n) is 8.23. The van der Waals surface area contributed by atoms with Crippen molar-refractivity contribution in [1.29, 1.82) is 5.26 Å². The van der Waals surface area contributed by atoms with Crippen molar-refractivity contribution in [2.75, 3.05) is 0 Å². The maximum Gasteiger partial charge on any atom is 0.138 e. The number of rotatable bonds is 1. The Morgan fingerprint density at radius 2 is 2.12 bits per heavy atom. The summed E-state index contributed by atoms with van der Waals surface area (Å²) in [7, 11) is 0. The summed E-state index contributed by atoms with van der Waals surface area (Å²) in [6.45, 7) is 0. The van der Waals surface area contributed by atoms with Crippen molar-refractivity contribution in [1.82, 2.24) is 20.2 Å².